The molecule has 0 amide bonds. The number of aryl methyl sites for hydroxylation is 1. The van der Waals surface area contributed by atoms with Gasteiger partial charge in [0.25, 0.3) is 0 Å². The zero-order valence-electron chi connectivity index (χ0n) is 10.1. The molecule has 0 aromatic carbocycles. The number of aromatic carboxylic acids is 1. The average molecular weight is 249 g/mol. The summed E-state index contributed by atoms with van der Waals surface area (Å²) >= 11 is 0. The predicted molar refractivity (Wildman–Crippen MR) is 64.3 cm³/mol. The number of aromatic nitrogens is 2. The van der Waals surface area contributed by atoms with E-state index in [1.54, 1.807) is 12.3 Å². The maximum atomic E-state index is 10.6. The number of hydrogen-bond acceptors (Lipinski definition) is 4. The zero-order valence-corrected chi connectivity index (χ0v) is 10.1. The van der Waals surface area contributed by atoms with Gasteiger partial charge in [-0.1, -0.05) is 0 Å². The van der Waals surface area contributed by atoms with Crippen molar-refractivity contribution in [3.8, 4) is 0 Å². The van der Waals surface area contributed by atoms with Gasteiger partial charge < -0.3 is 19.4 Å². The lowest BCUT2D eigenvalue weighted by Crippen LogP contribution is -2.17. The lowest BCUT2D eigenvalue weighted by Gasteiger charge is -2.03. The molecule has 6 heteroatoms. The van der Waals surface area contributed by atoms with Crippen molar-refractivity contribution in [3.05, 3.63) is 41.9 Å². The highest BCUT2D eigenvalue weighted by Crippen LogP contribution is 2.07. The maximum absolute atomic E-state index is 10.6. The Bertz CT molecular complexity index is 530. The minimum Gasteiger partial charge on any atom is -0.475 e. The Morgan fingerprint density at radius 1 is 1.56 bits per heavy atom. The fourth-order valence-corrected chi connectivity index (χ4v) is 1.64. The van der Waals surface area contributed by atoms with E-state index in [4.69, 9.17) is 9.52 Å². The van der Waals surface area contributed by atoms with Gasteiger partial charge >= 0.3 is 5.97 Å². The summed E-state index contributed by atoms with van der Waals surface area (Å²) in [6.07, 6.45) is 4.48. The first-order valence-electron chi connectivity index (χ1n) is 5.66. The normalized spacial score (nSPS) is 10.7. The lowest BCUT2D eigenvalue weighted by molar-refractivity contribution is 0.0660. The van der Waals surface area contributed by atoms with E-state index < -0.39 is 5.97 Å². The molecule has 0 fully saturated rings. The fraction of sp³-hybridized carbons (Fsp3) is 0.333. The summed E-state index contributed by atoms with van der Waals surface area (Å²) in [4.78, 5) is 14.8. The van der Waals surface area contributed by atoms with Crippen LogP contribution in [0.3, 0.4) is 0 Å². The Kier molecular flexibility index (Phi) is 3.78. The maximum Gasteiger partial charge on any atom is 0.371 e. The number of imidazole rings is 1. The number of carboxylic acid groups (broad SMARTS) is 1. The molecule has 18 heavy (non-hydrogen) atoms. The molecule has 2 heterocycles. The highest BCUT2D eigenvalue weighted by Gasteiger charge is 2.08. The second-order valence-corrected chi connectivity index (χ2v) is 3.95. The Morgan fingerprint density at radius 3 is 3.00 bits per heavy atom. The summed E-state index contributed by atoms with van der Waals surface area (Å²) in [6, 6.07) is 3.12. The van der Waals surface area contributed by atoms with Gasteiger partial charge in [-0.3, -0.25) is 0 Å². The van der Waals surface area contributed by atoms with Crippen LogP contribution < -0.4 is 5.32 Å². The van der Waals surface area contributed by atoms with Gasteiger partial charge in [0.1, 0.15) is 11.6 Å². The second kappa shape index (κ2) is 5.50. The van der Waals surface area contributed by atoms with Crippen LogP contribution in [0.2, 0.25) is 0 Å². The summed E-state index contributed by atoms with van der Waals surface area (Å²) in [7, 11) is 1.95. The molecule has 2 rings (SSSR count). The first kappa shape index (κ1) is 12.4. The van der Waals surface area contributed by atoms with Crippen molar-refractivity contribution >= 4 is 5.97 Å². The molecule has 0 spiro atoms. The largest absolute Gasteiger partial charge is 0.475 e. The summed E-state index contributed by atoms with van der Waals surface area (Å²) < 4.78 is 7.09. The van der Waals surface area contributed by atoms with Crippen LogP contribution in [-0.4, -0.2) is 27.2 Å². The summed E-state index contributed by atoms with van der Waals surface area (Å²) in [5.41, 5.74) is 0. The van der Waals surface area contributed by atoms with Crippen molar-refractivity contribution in [3.63, 3.8) is 0 Å². The van der Waals surface area contributed by atoms with Gasteiger partial charge in [0, 0.05) is 32.4 Å². The Balaban J connectivity index is 1.75. The number of furan rings is 1. The molecule has 0 saturated heterocycles. The van der Waals surface area contributed by atoms with E-state index in [1.807, 2.05) is 17.8 Å². The fourth-order valence-electron chi connectivity index (χ4n) is 1.64. The average Bonchev–Trinajstić information content (AvgIpc) is 2.94. The molecule has 0 aliphatic rings. The topological polar surface area (TPSA) is 80.3 Å². The van der Waals surface area contributed by atoms with E-state index in [0.717, 1.165) is 18.8 Å². The van der Waals surface area contributed by atoms with E-state index in [9.17, 15) is 4.79 Å². The van der Waals surface area contributed by atoms with E-state index in [1.165, 1.54) is 6.07 Å². The highest BCUT2D eigenvalue weighted by molar-refractivity contribution is 5.84. The minimum absolute atomic E-state index is 0.0316. The lowest BCUT2D eigenvalue weighted by atomic mass is 10.3. The van der Waals surface area contributed by atoms with E-state index in [0.29, 0.717) is 12.3 Å². The number of carbonyl (C=O) groups is 1. The Hall–Kier alpha value is -2.08. The van der Waals surface area contributed by atoms with Crippen LogP contribution in [0.5, 0.6) is 0 Å². The zero-order chi connectivity index (χ0) is 13.0. The van der Waals surface area contributed by atoms with Crippen molar-refractivity contribution in [1.82, 2.24) is 14.9 Å². The number of hydrogen-bond donors (Lipinski definition) is 2. The molecule has 0 saturated carbocycles. The van der Waals surface area contributed by atoms with Gasteiger partial charge in [-0.25, -0.2) is 9.78 Å². The third kappa shape index (κ3) is 2.98. The van der Waals surface area contributed by atoms with Gasteiger partial charge in [0.05, 0.1) is 6.54 Å². The van der Waals surface area contributed by atoms with Gasteiger partial charge in [-0.05, 0) is 12.1 Å². The standard InChI is InChI=1S/C12H15N3O3/c1-15-7-6-14-11(15)4-5-13-8-9-2-3-10(18-9)12(16)17/h2-3,6-7,13H,4-5,8H2,1H3,(H,16,17). The van der Waals surface area contributed by atoms with Crippen molar-refractivity contribution < 1.29 is 14.3 Å². The molecule has 2 aromatic heterocycles. The smallest absolute Gasteiger partial charge is 0.371 e. The molecule has 6 nitrogen and oxygen atoms in total. The van der Waals surface area contributed by atoms with Crippen molar-refractivity contribution in [1.29, 1.82) is 0 Å². The Labute approximate surface area is 104 Å². The molecule has 0 radical (unpaired) electrons. The molecule has 96 valence electrons. The third-order valence-corrected chi connectivity index (χ3v) is 2.62. The second-order valence-electron chi connectivity index (χ2n) is 3.95. The van der Waals surface area contributed by atoms with Crippen molar-refractivity contribution in [2.75, 3.05) is 6.54 Å². The van der Waals surface area contributed by atoms with E-state index in [2.05, 4.69) is 10.3 Å². The molecule has 2 N–H and O–H groups in total. The molecule has 0 atom stereocenters. The first-order chi connectivity index (χ1) is 8.66. The first-order valence-corrected chi connectivity index (χ1v) is 5.66. The van der Waals surface area contributed by atoms with Crippen LogP contribution in [0.4, 0.5) is 0 Å². The monoisotopic (exact) mass is 249 g/mol. The number of nitrogens with zero attached hydrogens (tertiary/aromatic N) is 2. The summed E-state index contributed by atoms with van der Waals surface area (Å²) in [5.74, 6) is 0.547. The Morgan fingerprint density at radius 2 is 2.39 bits per heavy atom. The molecule has 2 aromatic rings. The van der Waals surface area contributed by atoms with Gasteiger partial charge in [-0.2, -0.15) is 0 Å². The number of carboxylic acids is 1. The van der Waals surface area contributed by atoms with Crippen LogP contribution in [-0.2, 0) is 20.0 Å². The van der Waals surface area contributed by atoms with Gasteiger partial charge in [0.2, 0.25) is 5.76 Å². The van der Waals surface area contributed by atoms with Crippen LogP contribution in [0, 0.1) is 0 Å². The SMILES string of the molecule is Cn1ccnc1CCNCc1ccc(C(=O)O)o1. The molecule has 0 unspecified atom stereocenters. The molecular formula is C12H15N3O3. The molecular weight excluding hydrogens is 234 g/mol. The van der Waals surface area contributed by atoms with Crippen LogP contribution in [0.1, 0.15) is 22.1 Å². The quantitative estimate of drug-likeness (QED) is 0.748. The summed E-state index contributed by atoms with van der Waals surface area (Å²) in [5, 5.41) is 11.9. The highest BCUT2D eigenvalue weighted by atomic mass is 16.4. The van der Waals surface area contributed by atoms with E-state index in [-0.39, 0.29) is 5.76 Å². The van der Waals surface area contributed by atoms with Crippen LogP contribution >= 0.6 is 0 Å². The predicted octanol–water partition coefficient (Wildman–Crippen LogP) is 1.04. The van der Waals surface area contributed by atoms with Gasteiger partial charge in [0.15, 0.2) is 0 Å². The van der Waals surface area contributed by atoms with Crippen molar-refractivity contribution in [2.24, 2.45) is 7.05 Å². The van der Waals surface area contributed by atoms with Crippen molar-refractivity contribution in [2.45, 2.75) is 13.0 Å². The van der Waals surface area contributed by atoms with Crippen LogP contribution in [0.15, 0.2) is 28.9 Å². The minimum atomic E-state index is -1.05. The third-order valence-electron chi connectivity index (χ3n) is 2.62. The number of rotatable bonds is 6. The molecule has 0 aliphatic carbocycles. The van der Waals surface area contributed by atoms with Crippen LogP contribution in [0.25, 0.3) is 0 Å². The molecule has 0 aliphatic heterocycles. The molecule has 0 bridgehead atoms. The van der Waals surface area contributed by atoms with E-state index >= 15 is 0 Å². The summed E-state index contributed by atoms with van der Waals surface area (Å²) in [6.45, 7) is 1.27. The number of nitrogens with one attached hydrogen (secondary N) is 1. The van der Waals surface area contributed by atoms with Gasteiger partial charge in [-0.15, -0.1) is 0 Å².